The van der Waals surface area contributed by atoms with Gasteiger partial charge in [0.25, 0.3) is 0 Å². The van der Waals surface area contributed by atoms with Gasteiger partial charge in [0.05, 0.1) is 23.3 Å². The van der Waals surface area contributed by atoms with Gasteiger partial charge in [-0.05, 0) is 57.9 Å². The third kappa shape index (κ3) is 2.95. The minimum Gasteiger partial charge on any atom is -0.497 e. The van der Waals surface area contributed by atoms with Gasteiger partial charge in [0, 0.05) is 22.9 Å². The number of hydrogen-bond acceptors (Lipinski definition) is 4. The molecule has 2 aliphatic heterocycles. The fraction of sp³-hybridized carbons (Fsp3) is 0.316. The maximum absolute atomic E-state index is 6.23. The summed E-state index contributed by atoms with van der Waals surface area (Å²) in [7, 11) is 1.68. The molecule has 2 heterocycles. The number of ether oxygens (including phenoxy) is 2. The first-order valence-electron chi connectivity index (χ1n) is 8.26. The summed E-state index contributed by atoms with van der Waals surface area (Å²) in [5.41, 5.74) is 3.37. The fourth-order valence-electron chi connectivity index (χ4n) is 3.42. The van der Waals surface area contributed by atoms with Gasteiger partial charge in [0.15, 0.2) is 6.23 Å². The van der Waals surface area contributed by atoms with Crippen molar-refractivity contribution in [3.63, 3.8) is 0 Å². The number of rotatable bonds is 3. The monoisotopic (exact) mass is 464 g/mol. The predicted octanol–water partition coefficient (Wildman–Crippen LogP) is 5.50. The third-order valence-corrected chi connectivity index (χ3v) is 5.71. The summed E-state index contributed by atoms with van der Waals surface area (Å²) < 4.78 is 13.5. The van der Waals surface area contributed by atoms with Crippen molar-refractivity contribution in [1.29, 1.82) is 0 Å². The van der Waals surface area contributed by atoms with Crippen molar-refractivity contribution in [2.45, 2.75) is 32.0 Å². The molecule has 0 amide bonds. The first-order valence-corrected chi connectivity index (χ1v) is 9.85. The standard InChI is InChI=1S/C19H18Br2N2O2/c1-3-18-23-17(14-8-12(20)9-15(21)19(14)25-18)10-16(22-23)11-4-6-13(24-2)7-5-11/h4-9,17-18H,3,10H2,1-2H3/t17-,18-/m0/s1. The first-order chi connectivity index (χ1) is 12.1. The van der Waals surface area contributed by atoms with Gasteiger partial charge in [-0.25, -0.2) is 0 Å². The molecule has 4 rings (SSSR count). The molecule has 0 saturated carbocycles. The van der Waals surface area contributed by atoms with E-state index in [2.05, 4.69) is 62.0 Å². The zero-order valence-corrected chi connectivity index (χ0v) is 17.2. The van der Waals surface area contributed by atoms with E-state index in [-0.39, 0.29) is 12.3 Å². The molecule has 6 heteroatoms. The highest BCUT2D eigenvalue weighted by molar-refractivity contribution is 9.11. The maximum atomic E-state index is 6.23. The van der Waals surface area contributed by atoms with Crippen molar-refractivity contribution >= 4 is 37.6 Å². The SMILES string of the molecule is CC[C@@H]1Oc2c(Br)cc(Br)cc2[C@@H]2CC(c3ccc(OC)cc3)=NN12. The van der Waals surface area contributed by atoms with Crippen LogP contribution in [0.25, 0.3) is 0 Å². The molecular formula is C19H18Br2N2O2. The highest BCUT2D eigenvalue weighted by Gasteiger charge is 2.40. The molecule has 2 aliphatic rings. The second kappa shape index (κ2) is 6.65. The van der Waals surface area contributed by atoms with Crippen molar-refractivity contribution in [1.82, 2.24) is 5.01 Å². The first kappa shape index (κ1) is 16.9. The van der Waals surface area contributed by atoms with Crippen LogP contribution < -0.4 is 9.47 Å². The minimum atomic E-state index is -0.0503. The summed E-state index contributed by atoms with van der Waals surface area (Å²) in [4.78, 5) is 0. The lowest BCUT2D eigenvalue weighted by Gasteiger charge is -2.38. The molecule has 2 aromatic rings. The summed E-state index contributed by atoms with van der Waals surface area (Å²) in [6.45, 7) is 2.13. The van der Waals surface area contributed by atoms with Gasteiger partial charge >= 0.3 is 0 Å². The average molecular weight is 466 g/mol. The van der Waals surface area contributed by atoms with Gasteiger partial charge in [0.1, 0.15) is 11.5 Å². The molecule has 0 bridgehead atoms. The van der Waals surface area contributed by atoms with Crippen molar-refractivity contribution in [3.8, 4) is 11.5 Å². The molecule has 0 aromatic heterocycles. The second-order valence-electron chi connectivity index (χ2n) is 6.16. The fourth-order valence-corrected chi connectivity index (χ4v) is 4.77. The molecule has 0 saturated heterocycles. The lowest BCUT2D eigenvalue weighted by Crippen LogP contribution is -2.39. The number of nitrogens with zero attached hydrogens (tertiary/aromatic N) is 2. The van der Waals surface area contributed by atoms with Crippen LogP contribution in [0.2, 0.25) is 0 Å². The van der Waals surface area contributed by atoms with Crippen molar-refractivity contribution in [2.75, 3.05) is 7.11 Å². The Kier molecular flexibility index (Phi) is 4.50. The molecule has 0 spiro atoms. The van der Waals surface area contributed by atoms with E-state index in [1.54, 1.807) is 7.11 Å². The maximum Gasteiger partial charge on any atom is 0.187 e. The summed E-state index contributed by atoms with van der Waals surface area (Å²) >= 11 is 7.23. The van der Waals surface area contributed by atoms with Crippen LogP contribution in [0, 0.1) is 0 Å². The predicted molar refractivity (Wildman–Crippen MR) is 105 cm³/mol. The van der Waals surface area contributed by atoms with Crippen LogP contribution in [0.3, 0.4) is 0 Å². The van der Waals surface area contributed by atoms with Crippen LogP contribution in [0.4, 0.5) is 0 Å². The summed E-state index contributed by atoms with van der Waals surface area (Å²) in [6.07, 6.45) is 1.69. The Hall–Kier alpha value is -1.53. The van der Waals surface area contributed by atoms with E-state index in [0.29, 0.717) is 0 Å². The summed E-state index contributed by atoms with van der Waals surface area (Å²) in [6, 6.07) is 12.4. The van der Waals surface area contributed by atoms with Gasteiger partial charge in [0.2, 0.25) is 0 Å². The van der Waals surface area contributed by atoms with Crippen LogP contribution in [-0.4, -0.2) is 24.1 Å². The van der Waals surface area contributed by atoms with E-state index >= 15 is 0 Å². The summed E-state index contributed by atoms with van der Waals surface area (Å²) in [5.74, 6) is 1.79. The van der Waals surface area contributed by atoms with Crippen molar-refractivity contribution in [3.05, 3.63) is 56.5 Å². The van der Waals surface area contributed by atoms with Crippen LogP contribution in [0.1, 0.15) is 36.9 Å². The molecule has 0 fully saturated rings. The number of halogens is 2. The van der Waals surface area contributed by atoms with Crippen LogP contribution in [0.5, 0.6) is 11.5 Å². The number of methoxy groups -OCH3 is 1. The Bertz CT molecular complexity index is 836. The van der Waals surface area contributed by atoms with Crippen LogP contribution >= 0.6 is 31.9 Å². The lowest BCUT2D eigenvalue weighted by atomic mass is 9.96. The van der Waals surface area contributed by atoms with Gasteiger partial charge in [-0.1, -0.05) is 22.9 Å². The average Bonchev–Trinajstić information content (AvgIpc) is 3.07. The molecular weight excluding hydrogens is 448 g/mol. The Morgan fingerprint density at radius 3 is 2.68 bits per heavy atom. The topological polar surface area (TPSA) is 34.1 Å². The number of benzene rings is 2. The number of fused-ring (bicyclic) bond motifs is 3. The van der Waals surface area contributed by atoms with Gasteiger partial charge in [-0.15, -0.1) is 0 Å². The normalized spacial score (nSPS) is 21.3. The van der Waals surface area contributed by atoms with Crippen LogP contribution in [-0.2, 0) is 0 Å². The molecule has 4 nitrogen and oxygen atoms in total. The highest BCUT2D eigenvalue weighted by atomic mass is 79.9. The van der Waals surface area contributed by atoms with E-state index in [0.717, 1.165) is 44.6 Å². The Balaban J connectivity index is 1.72. The molecule has 25 heavy (non-hydrogen) atoms. The van der Waals surface area contributed by atoms with Crippen molar-refractivity contribution < 1.29 is 9.47 Å². The molecule has 0 N–H and O–H groups in total. The van der Waals surface area contributed by atoms with Gasteiger partial charge < -0.3 is 9.47 Å². The number of hydrogen-bond donors (Lipinski definition) is 0. The quantitative estimate of drug-likeness (QED) is 0.600. The molecule has 2 atom stereocenters. The van der Waals surface area contributed by atoms with E-state index < -0.39 is 0 Å². The molecule has 0 unspecified atom stereocenters. The highest BCUT2D eigenvalue weighted by Crippen LogP contribution is 2.47. The second-order valence-corrected chi connectivity index (χ2v) is 7.93. The van der Waals surface area contributed by atoms with E-state index in [4.69, 9.17) is 14.6 Å². The molecule has 130 valence electrons. The Morgan fingerprint density at radius 2 is 2.00 bits per heavy atom. The summed E-state index contributed by atoms with van der Waals surface area (Å²) in [5, 5.41) is 7.01. The zero-order valence-electron chi connectivity index (χ0n) is 14.0. The van der Waals surface area contributed by atoms with Gasteiger partial charge in [-0.2, -0.15) is 5.10 Å². The lowest BCUT2D eigenvalue weighted by molar-refractivity contribution is -0.0195. The Morgan fingerprint density at radius 1 is 1.24 bits per heavy atom. The van der Waals surface area contributed by atoms with Crippen LogP contribution in [0.15, 0.2) is 50.4 Å². The number of hydrazone groups is 1. The smallest absolute Gasteiger partial charge is 0.187 e. The van der Waals surface area contributed by atoms with E-state index in [1.165, 1.54) is 5.56 Å². The minimum absolute atomic E-state index is 0.0503. The molecule has 0 radical (unpaired) electrons. The largest absolute Gasteiger partial charge is 0.497 e. The van der Waals surface area contributed by atoms with E-state index in [1.807, 2.05) is 18.2 Å². The zero-order chi connectivity index (χ0) is 17.6. The van der Waals surface area contributed by atoms with Gasteiger partial charge in [-0.3, -0.25) is 5.01 Å². The third-order valence-electron chi connectivity index (χ3n) is 4.66. The van der Waals surface area contributed by atoms with E-state index in [9.17, 15) is 0 Å². The van der Waals surface area contributed by atoms with Crippen molar-refractivity contribution in [2.24, 2.45) is 5.10 Å². The molecule has 0 aliphatic carbocycles. The Labute approximate surface area is 164 Å². The molecule has 2 aromatic carbocycles.